The molecule has 0 fully saturated rings. The van der Waals surface area contributed by atoms with Crippen LogP contribution in [0.5, 0.6) is 0 Å². The number of aromatic nitrogens is 1. The number of para-hydroxylation sites is 1. The van der Waals surface area contributed by atoms with E-state index in [9.17, 15) is 8.42 Å². The van der Waals surface area contributed by atoms with Crippen molar-refractivity contribution < 1.29 is 12.9 Å². The summed E-state index contributed by atoms with van der Waals surface area (Å²) in [5, 5.41) is 3.35. The first kappa shape index (κ1) is 14.9. The molecule has 1 atom stereocenters. The van der Waals surface area contributed by atoms with Crippen LogP contribution in [0.3, 0.4) is 0 Å². The molecule has 1 N–H and O–H groups in total. The first-order chi connectivity index (χ1) is 9.33. The van der Waals surface area contributed by atoms with Gasteiger partial charge in [0.1, 0.15) is 5.69 Å². The standard InChI is InChI=1S/C13H15ClN2O3S/c1-8(14)11-6-4-5-7-12(11)16-20(17,18)13-9(2)15-19-10(13)3/h4-8,16H,1-3H3. The zero-order chi connectivity index (χ0) is 14.9. The lowest BCUT2D eigenvalue weighted by Crippen LogP contribution is -2.15. The zero-order valence-corrected chi connectivity index (χ0v) is 12.9. The summed E-state index contributed by atoms with van der Waals surface area (Å²) in [5.74, 6) is 0.256. The Bertz CT molecular complexity index is 703. The molecule has 1 aromatic heterocycles. The molecule has 2 aromatic rings. The van der Waals surface area contributed by atoms with Crippen LogP contribution in [-0.2, 0) is 10.0 Å². The van der Waals surface area contributed by atoms with Crippen molar-refractivity contribution in [3.63, 3.8) is 0 Å². The van der Waals surface area contributed by atoms with E-state index in [4.69, 9.17) is 16.1 Å². The van der Waals surface area contributed by atoms with Crippen LogP contribution in [0.2, 0.25) is 0 Å². The Morgan fingerprint density at radius 3 is 2.50 bits per heavy atom. The number of hydrogen-bond donors (Lipinski definition) is 1. The molecule has 7 heteroatoms. The molecule has 0 amide bonds. The van der Waals surface area contributed by atoms with Crippen molar-refractivity contribution in [1.82, 2.24) is 5.16 Å². The molecular formula is C13H15ClN2O3S. The van der Waals surface area contributed by atoms with Gasteiger partial charge in [-0.25, -0.2) is 8.42 Å². The second-order valence-corrected chi connectivity index (χ2v) is 6.74. The molecule has 1 heterocycles. The maximum atomic E-state index is 12.4. The van der Waals surface area contributed by atoms with E-state index in [1.807, 2.05) is 6.07 Å². The van der Waals surface area contributed by atoms with Gasteiger partial charge in [0.15, 0.2) is 10.7 Å². The zero-order valence-electron chi connectivity index (χ0n) is 11.3. The average Bonchev–Trinajstić information content (AvgIpc) is 2.69. The third-order valence-electron chi connectivity index (χ3n) is 2.87. The summed E-state index contributed by atoms with van der Waals surface area (Å²) < 4.78 is 32.3. The number of benzene rings is 1. The SMILES string of the molecule is Cc1noc(C)c1S(=O)(=O)Nc1ccccc1C(C)Cl. The third-order valence-corrected chi connectivity index (χ3v) is 4.71. The Labute approximate surface area is 123 Å². The minimum absolute atomic E-state index is 0.0644. The van der Waals surface area contributed by atoms with Crippen molar-refractivity contribution in [2.75, 3.05) is 4.72 Å². The fourth-order valence-corrected chi connectivity index (χ4v) is 3.60. The molecule has 1 aromatic carbocycles. The molecule has 0 aliphatic carbocycles. The molecule has 0 aliphatic heterocycles. The number of anilines is 1. The summed E-state index contributed by atoms with van der Waals surface area (Å²) in [5.41, 5.74) is 1.49. The van der Waals surface area contributed by atoms with Gasteiger partial charge >= 0.3 is 0 Å². The number of alkyl halides is 1. The summed E-state index contributed by atoms with van der Waals surface area (Å²) in [6.45, 7) is 4.93. The number of nitrogens with one attached hydrogen (secondary N) is 1. The lowest BCUT2D eigenvalue weighted by molar-refractivity contribution is 0.390. The van der Waals surface area contributed by atoms with Crippen molar-refractivity contribution >= 4 is 27.3 Å². The average molecular weight is 315 g/mol. The Kier molecular flexibility index (Phi) is 4.06. The van der Waals surface area contributed by atoms with Crippen LogP contribution in [0.25, 0.3) is 0 Å². The van der Waals surface area contributed by atoms with Gasteiger partial charge in [-0.05, 0) is 32.4 Å². The minimum atomic E-state index is -3.75. The van der Waals surface area contributed by atoms with Crippen LogP contribution in [-0.4, -0.2) is 13.6 Å². The van der Waals surface area contributed by atoms with Gasteiger partial charge in [-0.1, -0.05) is 23.4 Å². The van der Waals surface area contributed by atoms with Crippen molar-refractivity contribution in [2.24, 2.45) is 0 Å². The van der Waals surface area contributed by atoms with Gasteiger partial charge in [0, 0.05) is 0 Å². The number of halogens is 1. The van der Waals surface area contributed by atoms with E-state index in [0.29, 0.717) is 16.9 Å². The normalized spacial score (nSPS) is 13.2. The predicted molar refractivity (Wildman–Crippen MR) is 77.5 cm³/mol. The summed E-state index contributed by atoms with van der Waals surface area (Å²) in [7, 11) is -3.75. The van der Waals surface area contributed by atoms with Crippen molar-refractivity contribution in [2.45, 2.75) is 31.0 Å². The fraction of sp³-hybridized carbons (Fsp3) is 0.308. The molecule has 0 aliphatic rings. The second-order valence-electron chi connectivity index (χ2n) is 4.46. The molecule has 0 saturated heterocycles. The highest BCUT2D eigenvalue weighted by Gasteiger charge is 2.25. The highest BCUT2D eigenvalue weighted by Crippen LogP contribution is 2.30. The first-order valence-corrected chi connectivity index (χ1v) is 7.93. The lowest BCUT2D eigenvalue weighted by atomic mass is 10.1. The molecular weight excluding hydrogens is 300 g/mol. The Morgan fingerprint density at radius 2 is 1.95 bits per heavy atom. The molecule has 0 bridgehead atoms. The second kappa shape index (κ2) is 5.46. The smallest absolute Gasteiger partial charge is 0.267 e. The topological polar surface area (TPSA) is 72.2 Å². The Morgan fingerprint density at radius 1 is 1.30 bits per heavy atom. The number of rotatable bonds is 4. The van der Waals surface area contributed by atoms with Crippen LogP contribution in [0, 0.1) is 13.8 Å². The van der Waals surface area contributed by atoms with Crippen molar-refractivity contribution in [1.29, 1.82) is 0 Å². The Hall–Kier alpha value is -1.53. The van der Waals surface area contributed by atoms with Crippen LogP contribution in [0.4, 0.5) is 5.69 Å². The summed E-state index contributed by atoms with van der Waals surface area (Å²) in [6.07, 6.45) is 0. The molecule has 5 nitrogen and oxygen atoms in total. The summed E-state index contributed by atoms with van der Waals surface area (Å²) >= 11 is 6.06. The molecule has 108 valence electrons. The monoisotopic (exact) mass is 314 g/mol. The van der Waals surface area contributed by atoms with Crippen LogP contribution in [0.15, 0.2) is 33.7 Å². The van der Waals surface area contributed by atoms with E-state index in [1.54, 1.807) is 39.0 Å². The van der Waals surface area contributed by atoms with Crippen molar-refractivity contribution in [3.05, 3.63) is 41.3 Å². The van der Waals surface area contributed by atoms with E-state index in [2.05, 4.69) is 9.88 Å². The summed E-state index contributed by atoms with van der Waals surface area (Å²) in [6, 6.07) is 7.00. The molecule has 0 saturated carbocycles. The van der Waals surface area contributed by atoms with E-state index < -0.39 is 10.0 Å². The Balaban J connectivity index is 2.45. The van der Waals surface area contributed by atoms with Crippen LogP contribution < -0.4 is 4.72 Å². The lowest BCUT2D eigenvalue weighted by Gasteiger charge is -2.13. The van der Waals surface area contributed by atoms with Gasteiger partial charge in [-0.2, -0.15) is 0 Å². The number of hydrogen-bond acceptors (Lipinski definition) is 4. The van der Waals surface area contributed by atoms with Gasteiger partial charge in [-0.15, -0.1) is 11.6 Å². The van der Waals surface area contributed by atoms with Crippen LogP contribution in [0.1, 0.15) is 29.3 Å². The first-order valence-electron chi connectivity index (χ1n) is 6.01. The largest absolute Gasteiger partial charge is 0.360 e. The maximum absolute atomic E-state index is 12.4. The third kappa shape index (κ3) is 2.81. The highest BCUT2D eigenvalue weighted by molar-refractivity contribution is 7.92. The molecule has 1 unspecified atom stereocenters. The molecule has 0 spiro atoms. The summed E-state index contributed by atoms with van der Waals surface area (Å²) in [4.78, 5) is 0.0644. The van der Waals surface area contributed by atoms with Crippen molar-refractivity contribution in [3.8, 4) is 0 Å². The maximum Gasteiger partial charge on any atom is 0.267 e. The van der Waals surface area contributed by atoms with Gasteiger partial charge in [0.05, 0.1) is 11.1 Å². The quantitative estimate of drug-likeness (QED) is 0.878. The van der Waals surface area contributed by atoms with E-state index in [-0.39, 0.29) is 16.0 Å². The van der Waals surface area contributed by atoms with E-state index in [0.717, 1.165) is 0 Å². The molecule has 0 radical (unpaired) electrons. The number of aryl methyl sites for hydroxylation is 2. The van der Waals surface area contributed by atoms with Gasteiger partial charge in [0.2, 0.25) is 0 Å². The van der Waals surface area contributed by atoms with Gasteiger partial charge in [0.25, 0.3) is 10.0 Å². The molecule has 2 rings (SSSR count). The van der Waals surface area contributed by atoms with E-state index >= 15 is 0 Å². The van der Waals surface area contributed by atoms with Gasteiger partial charge < -0.3 is 4.52 Å². The number of sulfonamides is 1. The number of nitrogens with zero attached hydrogens (tertiary/aromatic N) is 1. The highest BCUT2D eigenvalue weighted by atomic mass is 35.5. The minimum Gasteiger partial charge on any atom is -0.360 e. The predicted octanol–water partition coefficient (Wildman–Crippen LogP) is 3.39. The van der Waals surface area contributed by atoms with Crippen LogP contribution >= 0.6 is 11.6 Å². The molecule has 20 heavy (non-hydrogen) atoms. The van der Waals surface area contributed by atoms with E-state index in [1.165, 1.54) is 0 Å². The van der Waals surface area contributed by atoms with Gasteiger partial charge in [-0.3, -0.25) is 4.72 Å². The fourth-order valence-electron chi connectivity index (χ4n) is 1.99.